The summed E-state index contributed by atoms with van der Waals surface area (Å²) < 4.78 is 0. The molecule has 0 aromatic heterocycles. The van der Waals surface area contributed by atoms with Crippen molar-refractivity contribution in [3.05, 3.63) is 0 Å². The standard InChI is InChI=1S/C3H4N2.CH3.Zn/c1-2-5-3-4-1;;/h1,3H,2H2;1H3;. The van der Waals surface area contributed by atoms with Crippen molar-refractivity contribution in [1.82, 2.24) is 0 Å². The zero-order valence-corrected chi connectivity index (χ0v) is 7.43. The van der Waals surface area contributed by atoms with Crippen LogP contribution in [-0.4, -0.2) is 19.1 Å². The molecule has 0 saturated carbocycles. The van der Waals surface area contributed by atoms with Crippen LogP contribution in [-0.2, 0) is 18.3 Å². The van der Waals surface area contributed by atoms with E-state index >= 15 is 0 Å². The third kappa shape index (κ3) is 3.80. The molecule has 3 heteroatoms. The first kappa shape index (κ1) is 6.96. The molecule has 1 aliphatic heterocycles. The minimum atomic E-state index is 0.778. The molecule has 0 bridgehead atoms. The third-order valence-electron chi connectivity index (χ3n) is 0.441. The SMILES string of the molecule is C1=NC=NC1.[CH3][Zn]. The summed E-state index contributed by atoms with van der Waals surface area (Å²) in [7, 11) is 0. The Kier molecular flexibility index (Phi) is 5.93. The molecule has 0 N–H and O–H groups in total. The first-order valence-electron chi connectivity index (χ1n) is 2.21. The van der Waals surface area contributed by atoms with E-state index in [9.17, 15) is 0 Å². The van der Waals surface area contributed by atoms with Crippen LogP contribution in [0.15, 0.2) is 9.98 Å². The second-order valence-corrected chi connectivity index (χ2v) is 0.812. The molecule has 0 amide bonds. The number of hydrogen-bond donors (Lipinski definition) is 0. The van der Waals surface area contributed by atoms with E-state index in [1.165, 1.54) is 18.3 Å². The topological polar surface area (TPSA) is 24.7 Å². The van der Waals surface area contributed by atoms with E-state index in [4.69, 9.17) is 0 Å². The van der Waals surface area contributed by atoms with Crippen LogP contribution in [0.25, 0.3) is 0 Å². The zero-order chi connectivity index (χ0) is 5.54. The summed E-state index contributed by atoms with van der Waals surface area (Å²) in [6.45, 7) is 0.778. The van der Waals surface area contributed by atoms with Gasteiger partial charge in [0.2, 0.25) is 0 Å². The second kappa shape index (κ2) is 5.96. The van der Waals surface area contributed by atoms with E-state index in [1.54, 1.807) is 12.6 Å². The van der Waals surface area contributed by atoms with Crippen molar-refractivity contribution >= 4 is 12.6 Å². The van der Waals surface area contributed by atoms with Crippen LogP contribution in [0.4, 0.5) is 0 Å². The molecule has 1 heterocycles. The summed E-state index contributed by atoms with van der Waals surface area (Å²) >= 11 is 1.38. The number of nitrogens with zero attached hydrogens (tertiary/aromatic N) is 2. The molecule has 7 heavy (non-hydrogen) atoms. The molecule has 0 aliphatic carbocycles. The van der Waals surface area contributed by atoms with Crippen LogP contribution in [0.1, 0.15) is 0 Å². The van der Waals surface area contributed by atoms with Crippen molar-refractivity contribution in [3.8, 4) is 0 Å². The minimum absolute atomic E-state index is 0.778. The van der Waals surface area contributed by atoms with Gasteiger partial charge in [0, 0.05) is 6.21 Å². The summed E-state index contributed by atoms with van der Waals surface area (Å²) in [5.74, 6) is 0. The molecule has 0 radical (unpaired) electrons. The van der Waals surface area contributed by atoms with Gasteiger partial charge in [-0.15, -0.1) is 0 Å². The number of aliphatic imine (C=N–C) groups is 2. The maximum absolute atomic E-state index is 3.74. The Morgan fingerprint density at radius 3 is 2.43 bits per heavy atom. The summed E-state index contributed by atoms with van der Waals surface area (Å²) in [6.07, 6.45) is 3.32. The van der Waals surface area contributed by atoms with Gasteiger partial charge in [-0.05, 0) is 0 Å². The van der Waals surface area contributed by atoms with Crippen LogP contribution in [0.5, 0.6) is 0 Å². The van der Waals surface area contributed by atoms with Crippen LogP contribution in [0, 0.1) is 0 Å². The molecule has 0 aromatic rings. The van der Waals surface area contributed by atoms with Crippen LogP contribution in [0.3, 0.4) is 0 Å². The van der Waals surface area contributed by atoms with Crippen molar-refractivity contribution in [2.75, 3.05) is 6.54 Å². The van der Waals surface area contributed by atoms with Gasteiger partial charge in [0.05, 0.1) is 6.54 Å². The van der Waals surface area contributed by atoms with Crippen LogP contribution >= 0.6 is 0 Å². The first-order chi connectivity index (χ1) is 3.50. The maximum atomic E-state index is 3.74. The Labute approximate surface area is 53.4 Å². The molecule has 2 nitrogen and oxygen atoms in total. The Balaban J connectivity index is 0.000000162. The van der Waals surface area contributed by atoms with Gasteiger partial charge in [-0.25, -0.2) is 4.99 Å². The fourth-order valence-electron chi connectivity index (χ4n) is 0.236. The predicted molar refractivity (Wildman–Crippen MR) is 27.7 cm³/mol. The second-order valence-electron chi connectivity index (χ2n) is 0.812. The fourth-order valence-corrected chi connectivity index (χ4v) is 0.236. The molecule has 1 aliphatic rings. The van der Waals surface area contributed by atoms with E-state index in [0.29, 0.717) is 0 Å². The molecular weight excluding hydrogens is 141 g/mol. The molecular formula is C4H7N2Zn. The van der Waals surface area contributed by atoms with Gasteiger partial charge in [0.15, 0.2) is 0 Å². The van der Waals surface area contributed by atoms with Gasteiger partial charge < -0.3 is 0 Å². The molecule has 0 atom stereocenters. The van der Waals surface area contributed by atoms with Gasteiger partial charge in [0.1, 0.15) is 6.34 Å². The predicted octanol–water partition coefficient (Wildman–Crippen LogP) is 0.680. The molecule has 0 unspecified atom stereocenters. The summed E-state index contributed by atoms with van der Waals surface area (Å²) in [4.78, 5) is 7.40. The van der Waals surface area contributed by atoms with Gasteiger partial charge >= 0.3 is 23.8 Å². The normalized spacial score (nSPS) is 13.6. The van der Waals surface area contributed by atoms with Crippen molar-refractivity contribution in [2.45, 2.75) is 5.52 Å². The Morgan fingerprint density at radius 2 is 2.29 bits per heavy atom. The molecule has 0 aromatic carbocycles. The van der Waals surface area contributed by atoms with E-state index in [-0.39, 0.29) is 0 Å². The molecule has 1 rings (SSSR count). The molecule has 0 fully saturated rings. The van der Waals surface area contributed by atoms with E-state index in [2.05, 4.69) is 15.5 Å². The number of rotatable bonds is 0. The number of hydrogen-bond acceptors (Lipinski definition) is 2. The Bertz CT molecular complexity index is 67.8. The van der Waals surface area contributed by atoms with Gasteiger partial charge in [-0.3, -0.25) is 4.99 Å². The van der Waals surface area contributed by atoms with E-state index in [1.807, 2.05) is 0 Å². The van der Waals surface area contributed by atoms with Crippen molar-refractivity contribution in [1.29, 1.82) is 0 Å². The van der Waals surface area contributed by atoms with Crippen molar-refractivity contribution in [2.24, 2.45) is 9.98 Å². The van der Waals surface area contributed by atoms with E-state index in [0.717, 1.165) is 6.54 Å². The zero-order valence-electron chi connectivity index (χ0n) is 4.46. The van der Waals surface area contributed by atoms with Crippen LogP contribution in [0.2, 0.25) is 5.52 Å². The summed E-state index contributed by atoms with van der Waals surface area (Å²) in [5, 5.41) is 0. The average molecular weight is 149 g/mol. The molecule has 0 spiro atoms. The van der Waals surface area contributed by atoms with Crippen molar-refractivity contribution < 1.29 is 18.3 Å². The van der Waals surface area contributed by atoms with E-state index < -0.39 is 0 Å². The first-order valence-corrected chi connectivity index (χ1v) is 5.17. The average Bonchev–Trinajstić information content (AvgIpc) is 2.23. The Hall–Kier alpha value is -0.0366. The quantitative estimate of drug-likeness (QED) is 0.452. The third-order valence-corrected chi connectivity index (χ3v) is 0.441. The van der Waals surface area contributed by atoms with Crippen molar-refractivity contribution in [3.63, 3.8) is 0 Å². The molecule has 35 valence electrons. The van der Waals surface area contributed by atoms with Gasteiger partial charge in [-0.2, -0.15) is 0 Å². The van der Waals surface area contributed by atoms with Crippen LogP contribution < -0.4 is 0 Å². The van der Waals surface area contributed by atoms with Gasteiger partial charge in [0.25, 0.3) is 0 Å². The summed E-state index contributed by atoms with van der Waals surface area (Å²) in [5.41, 5.74) is 2.12. The van der Waals surface area contributed by atoms with Gasteiger partial charge in [-0.1, -0.05) is 0 Å². The Morgan fingerprint density at radius 1 is 1.57 bits per heavy atom. The monoisotopic (exact) mass is 147 g/mol. The summed E-state index contributed by atoms with van der Waals surface area (Å²) in [6, 6.07) is 0. The fraction of sp³-hybridized carbons (Fsp3) is 0.500. The molecule has 0 saturated heterocycles.